The van der Waals surface area contributed by atoms with Crippen LogP contribution in [0.2, 0.25) is 0 Å². The molecular weight excluding hydrogens is 439 g/mol. The number of nitrogens with one attached hydrogen (secondary N) is 2. The Morgan fingerprint density at radius 3 is 2.59 bits per heavy atom. The number of hydrogen-bond acceptors (Lipinski definition) is 6. The van der Waals surface area contributed by atoms with E-state index in [0.717, 1.165) is 37.6 Å². The lowest BCUT2D eigenvalue weighted by atomic mass is 9.77. The zero-order chi connectivity index (χ0) is 24.3. The highest BCUT2D eigenvalue weighted by Gasteiger charge is 2.40. The topological polar surface area (TPSA) is 104 Å². The van der Waals surface area contributed by atoms with Crippen molar-refractivity contribution >= 4 is 11.8 Å². The quantitative estimate of drug-likeness (QED) is 0.571. The van der Waals surface area contributed by atoms with Crippen molar-refractivity contribution in [1.29, 1.82) is 0 Å². The van der Waals surface area contributed by atoms with Crippen LogP contribution in [-0.4, -0.2) is 65.6 Å². The third-order valence-electron chi connectivity index (χ3n) is 6.77. The maximum absolute atomic E-state index is 13.5. The predicted molar refractivity (Wildman–Crippen MR) is 124 cm³/mol. The highest BCUT2D eigenvalue weighted by molar-refractivity contribution is 5.96. The number of benzene rings is 1. The number of pyridine rings is 1. The summed E-state index contributed by atoms with van der Waals surface area (Å²) < 4.78 is 18.6. The van der Waals surface area contributed by atoms with Crippen LogP contribution >= 0.6 is 0 Å². The van der Waals surface area contributed by atoms with E-state index in [-0.39, 0.29) is 24.1 Å². The number of carbonyl (C=O) groups excluding carboxylic acids is 2. The van der Waals surface area contributed by atoms with Gasteiger partial charge in [0.05, 0.1) is 25.3 Å². The first-order valence-corrected chi connectivity index (χ1v) is 11.6. The number of nitrogens with zero attached hydrogens (tertiary/aromatic N) is 2. The normalized spacial score (nSPS) is 23.1. The van der Waals surface area contributed by atoms with Gasteiger partial charge >= 0.3 is 0 Å². The second kappa shape index (κ2) is 10.1. The van der Waals surface area contributed by atoms with Gasteiger partial charge in [-0.25, -0.2) is 9.37 Å². The Kier molecular flexibility index (Phi) is 7.13. The van der Waals surface area contributed by atoms with Gasteiger partial charge in [0, 0.05) is 42.5 Å². The first-order chi connectivity index (χ1) is 16.3. The van der Waals surface area contributed by atoms with Crippen LogP contribution in [0.1, 0.15) is 47.2 Å². The van der Waals surface area contributed by atoms with E-state index in [1.54, 1.807) is 32.4 Å². The summed E-state index contributed by atoms with van der Waals surface area (Å²) in [5.41, 5.74) is 0.789. The molecule has 8 nitrogen and oxygen atoms in total. The van der Waals surface area contributed by atoms with Crippen molar-refractivity contribution in [3.05, 3.63) is 59.0 Å². The number of methoxy groups -OCH3 is 1. The number of carbonyl (C=O) groups is 2. The van der Waals surface area contributed by atoms with Gasteiger partial charge < -0.3 is 20.5 Å². The molecule has 4 rings (SSSR count). The number of hydrogen-bond donors (Lipinski definition) is 3. The average Bonchev–Trinajstić information content (AvgIpc) is 2.80. The molecule has 2 fully saturated rings. The van der Waals surface area contributed by atoms with Crippen molar-refractivity contribution < 1.29 is 23.8 Å². The summed E-state index contributed by atoms with van der Waals surface area (Å²) in [7, 11) is 1.56. The third kappa shape index (κ3) is 5.53. The van der Waals surface area contributed by atoms with Crippen molar-refractivity contribution in [2.45, 2.75) is 50.3 Å². The van der Waals surface area contributed by atoms with Crippen molar-refractivity contribution in [3.63, 3.8) is 0 Å². The largest absolute Gasteiger partial charge is 0.481 e. The molecular formula is C25H31FN4O4. The molecule has 2 aliphatic rings. The number of likely N-dealkylation sites (tertiary alicyclic amines) is 1. The van der Waals surface area contributed by atoms with E-state index in [2.05, 4.69) is 20.5 Å². The molecule has 1 saturated carbocycles. The lowest BCUT2D eigenvalue weighted by Gasteiger charge is -2.48. The zero-order valence-corrected chi connectivity index (χ0v) is 19.5. The lowest BCUT2D eigenvalue weighted by Crippen LogP contribution is -2.63. The van der Waals surface area contributed by atoms with Crippen LogP contribution < -0.4 is 15.4 Å². The van der Waals surface area contributed by atoms with E-state index in [9.17, 15) is 19.1 Å². The van der Waals surface area contributed by atoms with Gasteiger partial charge in [-0.1, -0.05) is 0 Å². The Balaban J connectivity index is 1.17. The van der Waals surface area contributed by atoms with Crippen LogP contribution in [0.5, 0.6) is 5.88 Å². The second-order valence-electron chi connectivity index (χ2n) is 9.27. The van der Waals surface area contributed by atoms with Gasteiger partial charge in [-0.05, 0) is 62.4 Å². The molecule has 1 saturated heterocycles. The van der Waals surface area contributed by atoms with E-state index in [1.165, 1.54) is 6.07 Å². The fourth-order valence-electron chi connectivity index (χ4n) is 4.82. The van der Waals surface area contributed by atoms with Gasteiger partial charge in [-0.15, -0.1) is 0 Å². The van der Waals surface area contributed by atoms with Crippen LogP contribution in [0.3, 0.4) is 0 Å². The summed E-state index contributed by atoms with van der Waals surface area (Å²) in [5, 5.41) is 16.5. The molecule has 3 N–H and O–H groups in total. The van der Waals surface area contributed by atoms with Crippen LogP contribution in [0.25, 0.3) is 0 Å². The molecule has 1 aliphatic heterocycles. The van der Waals surface area contributed by atoms with Crippen LogP contribution in [-0.2, 0) is 10.4 Å². The first kappa shape index (κ1) is 24.1. The molecule has 2 amide bonds. The number of halogens is 1. The van der Waals surface area contributed by atoms with Gasteiger partial charge in [-0.2, -0.15) is 0 Å². The summed E-state index contributed by atoms with van der Waals surface area (Å²) in [5.74, 6) is -0.699. The Morgan fingerprint density at radius 2 is 1.97 bits per heavy atom. The third-order valence-corrected chi connectivity index (χ3v) is 6.77. The highest BCUT2D eigenvalue weighted by atomic mass is 19.1. The van der Waals surface area contributed by atoms with Crippen molar-refractivity contribution in [2.75, 3.05) is 26.7 Å². The van der Waals surface area contributed by atoms with Crippen molar-refractivity contribution in [2.24, 2.45) is 0 Å². The summed E-state index contributed by atoms with van der Waals surface area (Å²) in [6, 6.07) is 8.12. The molecule has 1 aromatic carbocycles. The number of aryl methyl sites for hydroxylation is 1. The molecule has 0 unspecified atom stereocenters. The fourth-order valence-corrected chi connectivity index (χ4v) is 4.82. The SMILES string of the molecule is COc1ccc(C2(O)CCC(N3CC(NC(=O)CNC(=O)c4cc(C)cc(F)c4)C3)CC2)cn1. The molecule has 1 aliphatic carbocycles. The standard InChI is InChI=1S/C25H31FN4O4/c1-16-9-17(11-19(26)10-16)24(32)28-13-22(31)29-20-14-30(15-20)21-5-7-25(33,8-6-21)18-3-4-23(34-2)27-12-18/h3-4,9-12,20-21,33H,5-8,13-15H2,1-2H3,(H,28,32)(H,29,31). The highest BCUT2D eigenvalue weighted by Crippen LogP contribution is 2.39. The van der Waals surface area contributed by atoms with E-state index in [1.807, 2.05) is 6.07 Å². The molecule has 2 heterocycles. The maximum atomic E-state index is 13.5. The van der Waals surface area contributed by atoms with Gasteiger partial charge in [0.1, 0.15) is 5.82 Å². The molecule has 182 valence electrons. The zero-order valence-electron chi connectivity index (χ0n) is 19.5. The monoisotopic (exact) mass is 470 g/mol. The summed E-state index contributed by atoms with van der Waals surface area (Å²) in [4.78, 5) is 30.9. The smallest absolute Gasteiger partial charge is 0.251 e. The molecule has 9 heteroatoms. The lowest BCUT2D eigenvalue weighted by molar-refractivity contribution is -0.122. The van der Waals surface area contributed by atoms with Gasteiger partial charge in [0.2, 0.25) is 11.8 Å². The van der Waals surface area contributed by atoms with Crippen molar-refractivity contribution in [3.8, 4) is 5.88 Å². The minimum Gasteiger partial charge on any atom is -0.481 e. The van der Waals surface area contributed by atoms with E-state index >= 15 is 0 Å². The average molecular weight is 471 g/mol. The predicted octanol–water partition coefficient (Wildman–Crippen LogP) is 1.90. The van der Waals surface area contributed by atoms with Gasteiger partial charge in [0.25, 0.3) is 5.91 Å². The Labute approximate surface area is 198 Å². The second-order valence-corrected chi connectivity index (χ2v) is 9.27. The van der Waals surface area contributed by atoms with Crippen LogP contribution in [0.15, 0.2) is 36.5 Å². The van der Waals surface area contributed by atoms with E-state index < -0.39 is 17.3 Å². The Morgan fingerprint density at radius 1 is 1.24 bits per heavy atom. The van der Waals surface area contributed by atoms with Crippen LogP contribution in [0.4, 0.5) is 4.39 Å². The van der Waals surface area contributed by atoms with Crippen LogP contribution in [0, 0.1) is 12.7 Å². The van der Waals surface area contributed by atoms with E-state index in [4.69, 9.17) is 4.74 Å². The minimum absolute atomic E-state index is 0.0346. The molecule has 34 heavy (non-hydrogen) atoms. The molecule has 0 radical (unpaired) electrons. The summed E-state index contributed by atoms with van der Waals surface area (Å²) in [6.07, 6.45) is 4.73. The summed E-state index contributed by atoms with van der Waals surface area (Å²) >= 11 is 0. The number of ether oxygens (including phenoxy) is 1. The van der Waals surface area contributed by atoms with Crippen molar-refractivity contribution in [1.82, 2.24) is 20.5 Å². The fraction of sp³-hybridized carbons (Fsp3) is 0.480. The van der Waals surface area contributed by atoms with E-state index in [0.29, 0.717) is 30.3 Å². The molecule has 1 aromatic heterocycles. The molecule has 0 atom stereocenters. The number of aliphatic hydroxyl groups is 1. The summed E-state index contributed by atoms with van der Waals surface area (Å²) in [6.45, 7) is 3.04. The van der Waals surface area contributed by atoms with Gasteiger partial charge in [-0.3, -0.25) is 14.5 Å². The maximum Gasteiger partial charge on any atom is 0.251 e. The Bertz CT molecular complexity index is 1010. The van der Waals surface area contributed by atoms with Gasteiger partial charge in [0.15, 0.2) is 0 Å². The Hall–Kier alpha value is -3.04. The number of aromatic nitrogens is 1. The minimum atomic E-state index is -0.868. The number of rotatable bonds is 7. The number of amides is 2. The first-order valence-electron chi connectivity index (χ1n) is 11.6. The molecule has 0 spiro atoms. The molecule has 2 aromatic rings. The molecule has 0 bridgehead atoms.